The topological polar surface area (TPSA) is 71.2 Å². The molecule has 3 aromatic rings. The highest BCUT2D eigenvalue weighted by atomic mass is 16.5. The number of ketones is 1. The first-order valence-corrected chi connectivity index (χ1v) is 12.7. The van der Waals surface area contributed by atoms with Gasteiger partial charge in [0, 0.05) is 31.1 Å². The average molecular weight is 475 g/mol. The summed E-state index contributed by atoms with van der Waals surface area (Å²) in [7, 11) is 0. The molecule has 1 aliphatic rings. The Hall–Kier alpha value is -3.02. The van der Waals surface area contributed by atoms with Gasteiger partial charge in [-0.3, -0.25) is 4.79 Å². The third kappa shape index (κ3) is 7.23. The van der Waals surface area contributed by atoms with E-state index in [2.05, 4.69) is 53.6 Å². The third-order valence-electron chi connectivity index (χ3n) is 6.48. The van der Waals surface area contributed by atoms with Crippen LogP contribution in [0.25, 0.3) is 11.1 Å². The van der Waals surface area contributed by atoms with Gasteiger partial charge in [0.1, 0.15) is 5.78 Å². The van der Waals surface area contributed by atoms with Gasteiger partial charge in [-0.05, 0) is 72.7 Å². The number of aromatic nitrogens is 1. The van der Waals surface area contributed by atoms with Crippen LogP contribution in [0.2, 0.25) is 0 Å². The van der Waals surface area contributed by atoms with Crippen molar-refractivity contribution >= 4 is 5.78 Å². The van der Waals surface area contributed by atoms with E-state index in [1.54, 1.807) is 13.1 Å². The minimum atomic E-state index is -0.0999. The maximum Gasteiger partial charge on any atom is 0.247 e. The zero-order chi connectivity index (χ0) is 25.2. The van der Waals surface area contributed by atoms with E-state index >= 15 is 0 Å². The fraction of sp³-hybridized carbons (Fsp3) is 0.400. The molecule has 5 heteroatoms. The lowest BCUT2D eigenvalue weighted by Gasteiger charge is -2.33. The number of nitrogens with one attached hydrogen (secondary N) is 2. The predicted octanol–water partition coefficient (Wildman–Crippen LogP) is 5.56. The molecule has 0 saturated carbocycles. The molecule has 0 amide bonds. The maximum atomic E-state index is 11.5. The van der Waals surface area contributed by atoms with Gasteiger partial charge in [0.05, 0.1) is 12.7 Å². The molecule has 0 radical (unpaired) electrons. The minimum Gasteiger partial charge on any atom is -0.373 e. The fourth-order valence-electron chi connectivity index (χ4n) is 4.67. The molecular formula is C30H38N2O3. The molecule has 5 nitrogen and oxygen atoms in total. The van der Waals surface area contributed by atoms with Crippen LogP contribution >= 0.6 is 0 Å². The van der Waals surface area contributed by atoms with Gasteiger partial charge in [0.25, 0.3) is 0 Å². The van der Waals surface area contributed by atoms with Gasteiger partial charge in [0.15, 0.2) is 0 Å². The zero-order valence-electron chi connectivity index (χ0n) is 21.4. The number of aryl methyl sites for hydroxylation is 2. The number of pyridine rings is 1. The van der Waals surface area contributed by atoms with Gasteiger partial charge < -0.3 is 19.8 Å². The molecule has 4 rings (SSSR count). The van der Waals surface area contributed by atoms with Crippen molar-refractivity contribution in [2.75, 3.05) is 13.1 Å². The Bertz CT molecular complexity index is 1150. The molecule has 35 heavy (non-hydrogen) atoms. The molecule has 2 unspecified atom stereocenters. The van der Waals surface area contributed by atoms with Crippen molar-refractivity contribution in [3.05, 3.63) is 93.4 Å². The molecule has 0 spiro atoms. The number of carbonyl (C=O) groups is 1. The summed E-state index contributed by atoms with van der Waals surface area (Å²) in [5, 5.41) is 3.52. The average Bonchev–Trinajstić information content (AvgIpc) is 2.89. The van der Waals surface area contributed by atoms with Gasteiger partial charge in [0.2, 0.25) is 5.56 Å². The highest BCUT2D eigenvalue weighted by Crippen LogP contribution is 2.33. The van der Waals surface area contributed by atoms with E-state index in [0.29, 0.717) is 13.0 Å². The molecule has 1 saturated heterocycles. The van der Waals surface area contributed by atoms with Crippen molar-refractivity contribution in [1.29, 1.82) is 0 Å². The number of H-pyrrole nitrogens is 1. The van der Waals surface area contributed by atoms with Gasteiger partial charge >= 0.3 is 0 Å². The highest BCUT2D eigenvalue weighted by molar-refractivity contribution is 5.76. The first-order valence-electron chi connectivity index (χ1n) is 12.7. The molecule has 2 heterocycles. The summed E-state index contributed by atoms with van der Waals surface area (Å²) in [6.45, 7) is 10.1. The van der Waals surface area contributed by atoms with Crippen LogP contribution < -0.4 is 10.9 Å². The molecule has 2 atom stereocenters. The van der Waals surface area contributed by atoms with E-state index in [1.807, 2.05) is 26.0 Å². The first kappa shape index (κ1) is 26.6. The summed E-state index contributed by atoms with van der Waals surface area (Å²) in [4.78, 5) is 25.5. The summed E-state index contributed by atoms with van der Waals surface area (Å²) in [6, 6.07) is 18.4. The number of benzene rings is 2. The summed E-state index contributed by atoms with van der Waals surface area (Å²) in [5.74, 6) is 0.484. The number of ether oxygens (including phenoxy) is 1. The SMILES string of the molecule is CC.CC(=O)CCc1ccccc1-c1ccc(C2CNCCC2OCc2ccc(=O)[nH]c2)c(C)c1. The van der Waals surface area contributed by atoms with Crippen LogP contribution in [-0.2, 0) is 22.6 Å². The van der Waals surface area contributed by atoms with E-state index < -0.39 is 0 Å². The number of rotatable bonds is 8. The minimum absolute atomic E-state index is 0.0999. The Morgan fingerprint density at radius 1 is 1.09 bits per heavy atom. The second-order valence-corrected chi connectivity index (χ2v) is 8.94. The Labute approximate surface area is 208 Å². The number of hydrogen-bond donors (Lipinski definition) is 2. The molecule has 2 N–H and O–H groups in total. The summed E-state index contributed by atoms with van der Waals surface area (Å²) < 4.78 is 6.33. The number of hydrogen-bond acceptors (Lipinski definition) is 4. The van der Waals surface area contributed by atoms with Gasteiger partial charge in [-0.2, -0.15) is 0 Å². The van der Waals surface area contributed by atoms with E-state index in [9.17, 15) is 9.59 Å². The monoisotopic (exact) mass is 474 g/mol. The predicted molar refractivity (Wildman–Crippen MR) is 143 cm³/mol. The first-order chi connectivity index (χ1) is 17.0. The fourth-order valence-corrected chi connectivity index (χ4v) is 4.67. The molecule has 1 aliphatic heterocycles. The molecule has 186 valence electrons. The van der Waals surface area contributed by atoms with Crippen LogP contribution in [-0.4, -0.2) is 30.0 Å². The Morgan fingerprint density at radius 2 is 1.89 bits per heavy atom. The quantitative estimate of drug-likeness (QED) is 0.448. The van der Waals surface area contributed by atoms with Crippen molar-refractivity contribution in [3.63, 3.8) is 0 Å². The molecule has 1 aromatic heterocycles. The maximum absolute atomic E-state index is 11.5. The van der Waals surface area contributed by atoms with Gasteiger partial charge in [-0.15, -0.1) is 0 Å². The lowest BCUT2D eigenvalue weighted by atomic mass is 9.84. The summed E-state index contributed by atoms with van der Waals surface area (Å²) in [6.07, 6.45) is 4.12. The van der Waals surface area contributed by atoms with Crippen molar-refractivity contribution in [2.24, 2.45) is 0 Å². The number of Topliss-reactive ketones (excluding diaryl/α,β-unsaturated/α-hetero) is 1. The van der Waals surface area contributed by atoms with Gasteiger partial charge in [-0.1, -0.05) is 56.3 Å². The Kier molecular flexibility index (Phi) is 10.0. The molecule has 2 aromatic carbocycles. The van der Waals surface area contributed by atoms with Crippen LogP contribution in [0.15, 0.2) is 65.6 Å². The van der Waals surface area contributed by atoms with Crippen molar-refractivity contribution < 1.29 is 9.53 Å². The third-order valence-corrected chi connectivity index (χ3v) is 6.48. The van der Waals surface area contributed by atoms with Crippen LogP contribution in [0, 0.1) is 6.92 Å². The van der Waals surface area contributed by atoms with E-state index in [4.69, 9.17) is 4.74 Å². The molecule has 0 aliphatic carbocycles. The van der Waals surface area contributed by atoms with Crippen LogP contribution in [0.3, 0.4) is 0 Å². The summed E-state index contributed by atoms with van der Waals surface area (Å²) >= 11 is 0. The number of aromatic amines is 1. The standard InChI is InChI=1S/C28H32N2O3.C2H6/c1-19-15-23(25-6-4-3-5-22(25)9-7-20(2)31)10-11-24(19)26-17-29-14-13-27(26)33-18-21-8-12-28(32)30-16-21;1-2/h3-6,8,10-12,15-16,26-27,29H,7,9,13-14,17-18H2,1-2H3,(H,30,32);1-2H3. The van der Waals surface area contributed by atoms with E-state index in [-0.39, 0.29) is 23.4 Å². The van der Waals surface area contributed by atoms with Crippen molar-refractivity contribution in [1.82, 2.24) is 10.3 Å². The second kappa shape index (κ2) is 13.2. The number of carbonyl (C=O) groups excluding carboxylic acids is 1. The lowest BCUT2D eigenvalue weighted by molar-refractivity contribution is -0.116. The second-order valence-electron chi connectivity index (χ2n) is 8.94. The Morgan fingerprint density at radius 3 is 2.60 bits per heavy atom. The van der Waals surface area contributed by atoms with Crippen molar-refractivity contribution in [3.8, 4) is 11.1 Å². The lowest BCUT2D eigenvalue weighted by Crippen LogP contribution is -2.40. The highest BCUT2D eigenvalue weighted by Gasteiger charge is 2.28. The van der Waals surface area contributed by atoms with E-state index in [1.165, 1.54) is 33.9 Å². The molecule has 1 fully saturated rings. The normalized spacial score (nSPS) is 17.4. The zero-order valence-corrected chi connectivity index (χ0v) is 21.4. The summed E-state index contributed by atoms with van der Waals surface area (Å²) in [5.41, 5.74) is 7.02. The van der Waals surface area contributed by atoms with Gasteiger partial charge in [-0.25, -0.2) is 0 Å². The van der Waals surface area contributed by atoms with Crippen LogP contribution in [0.4, 0.5) is 0 Å². The molecular weight excluding hydrogens is 436 g/mol. The smallest absolute Gasteiger partial charge is 0.247 e. The van der Waals surface area contributed by atoms with Crippen LogP contribution in [0.1, 0.15) is 61.8 Å². The Balaban J connectivity index is 0.00000167. The van der Waals surface area contributed by atoms with E-state index in [0.717, 1.165) is 31.5 Å². The largest absolute Gasteiger partial charge is 0.373 e. The number of piperidine rings is 1. The van der Waals surface area contributed by atoms with Crippen LogP contribution in [0.5, 0.6) is 0 Å². The van der Waals surface area contributed by atoms with Crippen molar-refractivity contribution in [2.45, 2.75) is 65.6 Å². The molecule has 0 bridgehead atoms.